The highest BCUT2D eigenvalue weighted by Gasteiger charge is 2.13. The molecular weight excluding hydrogens is 258 g/mol. The number of anilines is 1. The summed E-state index contributed by atoms with van der Waals surface area (Å²) in [6, 6.07) is 1.28. The molecule has 1 rings (SSSR count). The van der Waals surface area contributed by atoms with Crippen LogP contribution in [0.1, 0.15) is 12.0 Å². The van der Waals surface area contributed by atoms with Gasteiger partial charge in [0.05, 0.1) is 17.9 Å². The normalized spacial score (nSPS) is 12.2. The van der Waals surface area contributed by atoms with Gasteiger partial charge in [0, 0.05) is 0 Å². The standard InChI is InChI=1S/C11H16ClN3OS/c1-7-5-8(6-14-10(7)12)15-11(16)9(13)3-4-17-2/h5-6,9H,3-4,13H2,1-2H3,(H,15,16). The Balaban J connectivity index is 2.58. The predicted molar refractivity (Wildman–Crippen MR) is 73.6 cm³/mol. The van der Waals surface area contributed by atoms with E-state index in [2.05, 4.69) is 10.3 Å². The van der Waals surface area contributed by atoms with Gasteiger partial charge in [0.2, 0.25) is 5.91 Å². The minimum atomic E-state index is -0.488. The van der Waals surface area contributed by atoms with Crippen LogP contribution in [0.15, 0.2) is 12.3 Å². The van der Waals surface area contributed by atoms with Crippen molar-refractivity contribution in [3.05, 3.63) is 23.0 Å². The summed E-state index contributed by atoms with van der Waals surface area (Å²) in [6.07, 6.45) is 4.17. The van der Waals surface area contributed by atoms with Gasteiger partial charge in [-0.05, 0) is 37.0 Å². The van der Waals surface area contributed by atoms with Gasteiger partial charge >= 0.3 is 0 Å². The molecule has 4 nitrogen and oxygen atoms in total. The number of hydrogen-bond donors (Lipinski definition) is 2. The topological polar surface area (TPSA) is 68.0 Å². The van der Waals surface area contributed by atoms with Gasteiger partial charge in [-0.2, -0.15) is 11.8 Å². The largest absolute Gasteiger partial charge is 0.323 e. The second kappa shape index (κ2) is 6.83. The molecule has 0 aliphatic heterocycles. The van der Waals surface area contributed by atoms with E-state index in [1.165, 1.54) is 6.20 Å². The molecule has 0 aliphatic carbocycles. The first-order valence-electron chi connectivity index (χ1n) is 5.22. The number of thioether (sulfide) groups is 1. The zero-order valence-electron chi connectivity index (χ0n) is 9.87. The van der Waals surface area contributed by atoms with Crippen LogP contribution in [0.5, 0.6) is 0 Å². The highest BCUT2D eigenvalue weighted by molar-refractivity contribution is 7.98. The first kappa shape index (κ1) is 14.3. The fourth-order valence-electron chi connectivity index (χ4n) is 1.24. The number of halogens is 1. The number of nitrogens with zero attached hydrogens (tertiary/aromatic N) is 1. The van der Waals surface area contributed by atoms with E-state index in [1.54, 1.807) is 17.8 Å². The van der Waals surface area contributed by atoms with Crippen molar-refractivity contribution < 1.29 is 4.79 Å². The van der Waals surface area contributed by atoms with Crippen molar-refractivity contribution in [2.45, 2.75) is 19.4 Å². The Kier molecular flexibility index (Phi) is 5.74. The average Bonchev–Trinajstić information content (AvgIpc) is 2.30. The number of aryl methyl sites for hydroxylation is 1. The van der Waals surface area contributed by atoms with Crippen LogP contribution in [0.4, 0.5) is 5.69 Å². The molecule has 0 fully saturated rings. The molecule has 6 heteroatoms. The smallest absolute Gasteiger partial charge is 0.241 e. The summed E-state index contributed by atoms with van der Waals surface area (Å²) in [5.74, 6) is 0.675. The van der Waals surface area contributed by atoms with Crippen LogP contribution in [-0.2, 0) is 4.79 Å². The van der Waals surface area contributed by atoms with E-state index in [0.717, 1.165) is 11.3 Å². The third-order valence-corrected chi connectivity index (χ3v) is 3.29. The van der Waals surface area contributed by atoms with Gasteiger partial charge in [-0.1, -0.05) is 11.6 Å². The van der Waals surface area contributed by atoms with E-state index in [9.17, 15) is 4.79 Å². The molecule has 0 radical (unpaired) electrons. The van der Waals surface area contributed by atoms with Crippen LogP contribution in [0, 0.1) is 6.92 Å². The van der Waals surface area contributed by atoms with E-state index in [0.29, 0.717) is 17.3 Å². The molecule has 1 atom stereocenters. The SMILES string of the molecule is CSCCC(N)C(=O)Nc1cnc(Cl)c(C)c1. The summed E-state index contributed by atoms with van der Waals surface area (Å²) < 4.78 is 0. The van der Waals surface area contributed by atoms with Gasteiger partial charge in [0.1, 0.15) is 5.15 Å². The van der Waals surface area contributed by atoms with Crippen molar-refractivity contribution in [3.63, 3.8) is 0 Å². The lowest BCUT2D eigenvalue weighted by Crippen LogP contribution is -2.36. The summed E-state index contributed by atoms with van der Waals surface area (Å²) in [5, 5.41) is 3.16. The molecule has 1 aromatic heterocycles. The second-order valence-corrected chi connectivity index (χ2v) is 5.05. The molecule has 0 bridgehead atoms. The summed E-state index contributed by atoms with van der Waals surface area (Å²) in [7, 11) is 0. The lowest BCUT2D eigenvalue weighted by molar-refractivity contribution is -0.117. The quantitative estimate of drug-likeness (QED) is 0.806. The molecule has 3 N–H and O–H groups in total. The van der Waals surface area contributed by atoms with E-state index in [1.807, 2.05) is 13.2 Å². The second-order valence-electron chi connectivity index (χ2n) is 3.71. The maximum Gasteiger partial charge on any atom is 0.241 e. The summed E-state index contributed by atoms with van der Waals surface area (Å²) in [4.78, 5) is 15.7. The zero-order valence-corrected chi connectivity index (χ0v) is 11.4. The van der Waals surface area contributed by atoms with Crippen LogP contribution in [0.25, 0.3) is 0 Å². The third-order valence-electron chi connectivity index (χ3n) is 2.25. The van der Waals surface area contributed by atoms with Crippen molar-refractivity contribution in [2.75, 3.05) is 17.3 Å². The molecule has 1 unspecified atom stereocenters. The highest BCUT2D eigenvalue weighted by Crippen LogP contribution is 2.16. The fourth-order valence-corrected chi connectivity index (χ4v) is 1.83. The Bertz CT molecular complexity index is 400. The number of nitrogens with two attached hydrogens (primary N) is 1. The number of pyridine rings is 1. The molecule has 0 spiro atoms. The average molecular weight is 274 g/mol. The molecule has 0 saturated carbocycles. The highest BCUT2D eigenvalue weighted by atomic mass is 35.5. The Labute approximate surface area is 110 Å². The predicted octanol–water partition coefficient (Wildman–Crippen LogP) is 2.06. The first-order chi connectivity index (χ1) is 8.04. The van der Waals surface area contributed by atoms with Crippen LogP contribution in [0.2, 0.25) is 5.15 Å². The van der Waals surface area contributed by atoms with Gasteiger partial charge < -0.3 is 11.1 Å². The van der Waals surface area contributed by atoms with Crippen LogP contribution >= 0.6 is 23.4 Å². The van der Waals surface area contributed by atoms with Crippen LogP contribution < -0.4 is 11.1 Å². The van der Waals surface area contributed by atoms with E-state index < -0.39 is 6.04 Å². The number of carbonyl (C=O) groups is 1. The van der Waals surface area contributed by atoms with Crippen molar-refractivity contribution in [1.82, 2.24) is 4.98 Å². The van der Waals surface area contributed by atoms with Crippen LogP contribution in [-0.4, -0.2) is 28.9 Å². The lowest BCUT2D eigenvalue weighted by atomic mass is 10.2. The Morgan fingerprint density at radius 2 is 2.41 bits per heavy atom. The third kappa shape index (κ3) is 4.53. The number of amides is 1. The van der Waals surface area contributed by atoms with Gasteiger partial charge in [-0.3, -0.25) is 4.79 Å². The molecule has 94 valence electrons. The van der Waals surface area contributed by atoms with Crippen molar-refractivity contribution in [1.29, 1.82) is 0 Å². The van der Waals surface area contributed by atoms with Crippen molar-refractivity contribution in [3.8, 4) is 0 Å². The molecule has 1 heterocycles. The number of carbonyl (C=O) groups excluding carboxylic acids is 1. The molecular formula is C11H16ClN3OS. The van der Waals surface area contributed by atoms with Gasteiger partial charge in [0.15, 0.2) is 0 Å². The summed E-state index contributed by atoms with van der Waals surface area (Å²) >= 11 is 7.47. The minimum absolute atomic E-state index is 0.192. The number of nitrogens with one attached hydrogen (secondary N) is 1. The molecule has 0 aromatic carbocycles. The van der Waals surface area contributed by atoms with Gasteiger partial charge in [-0.15, -0.1) is 0 Å². The molecule has 0 aliphatic rings. The first-order valence-corrected chi connectivity index (χ1v) is 6.99. The minimum Gasteiger partial charge on any atom is -0.323 e. The summed E-state index contributed by atoms with van der Waals surface area (Å²) in [5.41, 5.74) is 7.19. The number of aromatic nitrogens is 1. The van der Waals surface area contributed by atoms with Crippen molar-refractivity contribution in [2.24, 2.45) is 5.73 Å². The Morgan fingerprint density at radius 3 is 3.00 bits per heavy atom. The molecule has 0 saturated heterocycles. The Morgan fingerprint density at radius 1 is 1.71 bits per heavy atom. The van der Waals surface area contributed by atoms with Gasteiger partial charge in [-0.25, -0.2) is 4.98 Å². The fraction of sp³-hybridized carbons (Fsp3) is 0.455. The maximum absolute atomic E-state index is 11.7. The lowest BCUT2D eigenvalue weighted by Gasteiger charge is -2.11. The molecule has 17 heavy (non-hydrogen) atoms. The Hall–Kier alpha value is -0.780. The van der Waals surface area contributed by atoms with E-state index in [4.69, 9.17) is 17.3 Å². The van der Waals surface area contributed by atoms with Gasteiger partial charge in [0.25, 0.3) is 0 Å². The van der Waals surface area contributed by atoms with E-state index in [-0.39, 0.29) is 5.91 Å². The number of rotatable bonds is 5. The van der Waals surface area contributed by atoms with E-state index >= 15 is 0 Å². The molecule has 1 amide bonds. The van der Waals surface area contributed by atoms with Crippen LogP contribution in [0.3, 0.4) is 0 Å². The number of hydrogen-bond acceptors (Lipinski definition) is 4. The monoisotopic (exact) mass is 273 g/mol. The molecule has 1 aromatic rings. The zero-order chi connectivity index (χ0) is 12.8. The summed E-state index contributed by atoms with van der Waals surface area (Å²) in [6.45, 7) is 1.83. The maximum atomic E-state index is 11.7. The van der Waals surface area contributed by atoms with Crippen molar-refractivity contribution >= 4 is 35.0 Å².